The van der Waals surface area contributed by atoms with E-state index in [1.54, 1.807) is 18.4 Å². The van der Waals surface area contributed by atoms with Crippen molar-refractivity contribution < 1.29 is 4.79 Å². The molecule has 1 aromatic heterocycles. The molecule has 1 aliphatic rings. The fourth-order valence-electron chi connectivity index (χ4n) is 2.19. The maximum Gasteiger partial charge on any atom is 0.276 e. The van der Waals surface area contributed by atoms with Crippen LogP contribution >= 0.6 is 23.6 Å². The molecule has 3 nitrogen and oxygen atoms in total. The van der Waals surface area contributed by atoms with Gasteiger partial charge in [0.25, 0.3) is 5.91 Å². The van der Waals surface area contributed by atoms with Gasteiger partial charge in [0.2, 0.25) is 0 Å². The molecule has 0 aliphatic carbocycles. The maximum absolute atomic E-state index is 12.4. The maximum atomic E-state index is 12.4. The standard InChI is InChI=1S/C16H14N2OS2/c1-11-5-7-12(8-6-11)18-14(10-13-4-3-9-21-13)15(19)17(2)16(18)20/h3-10H,1-2H3/b14-10+. The highest BCUT2D eigenvalue weighted by Crippen LogP contribution is 2.30. The largest absolute Gasteiger partial charge is 0.286 e. The molecule has 106 valence electrons. The molecule has 1 amide bonds. The van der Waals surface area contributed by atoms with Gasteiger partial charge in [-0.2, -0.15) is 0 Å². The van der Waals surface area contributed by atoms with Crippen molar-refractivity contribution >= 4 is 46.3 Å². The first-order valence-electron chi connectivity index (χ1n) is 6.52. The number of carbonyl (C=O) groups excluding carboxylic acids is 1. The fourth-order valence-corrected chi connectivity index (χ4v) is 3.12. The van der Waals surface area contributed by atoms with Crippen molar-refractivity contribution in [3.8, 4) is 0 Å². The lowest BCUT2D eigenvalue weighted by molar-refractivity contribution is -0.121. The third-order valence-corrected chi connectivity index (χ3v) is 4.63. The molecule has 2 aromatic rings. The Morgan fingerprint density at radius 3 is 2.52 bits per heavy atom. The van der Waals surface area contributed by atoms with Crippen molar-refractivity contribution in [2.45, 2.75) is 6.92 Å². The van der Waals surface area contributed by atoms with Crippen LogP contribution in [0.25, 0.3) is 6.08 Å². The van der Waals surface area contributed by atoms with Crippen molar-refractivity contribution in [3.05, 3.63) is 57.9 Å². The Labute approximate surface area is 133 Å². The van der Waals surface area contributed by atoms with Crippen molar-refractivity contribution in [2.24, 2.45) is 0 Å². The minimum Gasteiger partial charge on any atom is -0.286 e. The predicted octanol–water partition coefficient (Wildman–Crippen LogP) is 3.66. The number of rotatable bonds is 2. The van der Waals surface area contributed by atoms with E-state index >= 15 is 0 Å². The average Bonchev–Trinajstić information content (AvgIpc) is 3.05. The second kappa shape index (κ2) is 5.42. The minimum absolute atomic E-state index is 0.0750. The number of thiophene rings is 1. The molecule has 2 heterocycles. The smallest absolute Gasteiger partial charge is 0.276 e. The molecule has 0 radical (unpaired) electrons. The molecular formula is C16H14N2OS2. The summed E-state index contributed by atoms with van der Waals surface area (Å²) in [6.07, 6.45) is 1.89. The van der Waals surface area contributed by atoms with Crippen LogP contribution in [-0.2, 0) is 4.79 Å². The van der Waals surface area contributed by atoms with Gasteiger partial charge in [-0.05, 0) is 48.8 Å². The van der Waals surface area contributed by atoms with Gasteiger partial charge >= 0.3 is 0 Å². The number of hydrogen-bond acceptors (Lipinski definition) is 3. The van der Waals surface area contributed by atoms with Crippen LogP contribution in [-0.4, -0.2) is 23.0 Å². The van der Waals surface area contributed by atoms with Gasteiger partial charge in [0.15, 0.2) is 5.11 Å². The number of carbonyl (C=O) groups is 1. The second-order valence-electron chi connectivity index (χ2n) is 4.86. The van der Waals surface area contributed by atoms with Gasteiger partial charge in [-0.15, -0.1) is 11.3 Å². The van der Waals surface area contributed by atoms with Crippen LogP contribution < -0.4 is 4.90 Å². The first kappa shape index (κ1) is 14.0. The lowest BCUT2D eigenvalue weighted by atomic mass is 10.2. The molecule has 21 heavy (non-hydrogen) atoms. The highest BCUT2D eigenvalue weighted by atomic mass is 32.1. The number of aryl methyl sites for hydroxylation is 1. The minimum atomic E-state index is -0.0750. The van der Waals surface area contributed by atoms with E-state index < -0.39 is 0 Å². The molecule has 3 rings (SSSR count). The summed E-state index contributed by atoms with van der Waals surface area (Å²) in [5, 5.41) is 2.50. The summed E-state index contributed by atoms with van der Waals surface area (Å²) in [7, 11) is 1.71. The zero-order chi connectivity index (χ0) is 15.0. The molecule has 1 fully saturated rings. The Kier molecular flexibility index (Phi) is 3.61. The van der Waals surface area contributed by atoms with Gasteiger partial charge < -0.3 is 0 Å². The van der Waals surface area contributed by atoms with E-state index in [2.05, 4.69) is 0 Å². The zero-order valence-corrected chi connectivity index (χ0v) is 13.4. The summed E-state index contributed by atoms with van der Waals surface area (Å²) in [6.45, 7) is 2.03. The second-order valence-corrected chi connectivity index (χ2v) is 6.21. The van der Waals surface area contributed by atoms with Gasteiger partial charge in [-0.1, -0.05) is 23.8 Å². The van der Waals surface area contributed by atoms with Crippen LogP contribution in [0.5, 0.6) is 0 Å². The van der Waals surface area contributed by atoms with Crippen LogP contribution in [0.4, 0.5) is 5.69 Å². The zero-order valence-electron chi connectivity index (χ0n) is 11.7. The molecule has 0 N–H and O–H groups in total. The summed E-state index contributed by atoms with van der Waals surface area (Å²) >= 11 is 7.02. The topological polar surface area (TPSA) is 23.6 Å². The van der Waals surface area contributed by atoms with Gasteiger partial charge in [-0.25, -0.2) is 0 Å². The van der Waals surface area contributed by atoms with Crippen molar-refractivity contribution in [2.75, 3.05) is 11.9 Å². The van der Waals surface area contributed by atoms with Crippen LogP contribution in [0.2, 0.25) is 0 Å². The molecule has 5 heteroatoms. The van der Waals surface area contributed by atoms with E-state index in [-0.39, 0.29) is 5.91 Å². The Hall–Kier alpha value is -1.98. The average molecular weight is 314 g/mol. The van der Waals surface area contributed by atoms with Crippen molar-refractivity contribution in [3.63, 3.8) is 0 Å². The Bertz CT molecular complexity index is 717. The number of hydrogen-bond donors (Lipinski definition) is 0. The van der Waals surface area contributed by atoms with Crippen LogP contribution in [0.15, 0.2) is 47.5 Å². The van der Waals surface area contributed by atoms with E-state index in [0.29, 0.717) is 10.8 Å². The number of thiocarbonyl (C=S) groups is 1. The SMILES string of the molecule is Cc1ccc(N2C(=S)N(C)C(=O)/C2=C\c2cccs2)cc1. The van der Waals surface area contributed by atoms with Gasteiger partial charge in [0.05, 0.1) is 0 Å². The normalized spacial score (nSPS) is 17.1. The highest BCUT2D eigenvalue weighted by Gasteiger charge is 2.36. The number of benzene rings is 1. The van der Waals surface area contributed by atoms with Gasteiger partial charge in [0, 0.05) is 17.6 Å². The number of nitrogens with zero attached hydrogens (tertiary/aromatic N) is 2. The van der Waals surface area contributed by atoms with Crippen LogP contribution in [0.3, 0.4) is 0 Å². The summed E-state index contributed by atoms with van der Waals surface area (Å²) in [6, 6.07) is 12.0. The summed E-state index contributed by atoms with van der Waals surface area (Å²) in [5.74, 6) is -0.0750. The van der Waals surface area contributed by atoms with E-state index in [9.17, 15) is 4.79 Å². The first-order chi connectivity index (χ1) is 10.1. The van der Waals surface area contributed by atoms with E-state index in [1.807, 2.05) is 59.7 Å². The molecule has 0 saturated carbocycles. The molecule has 1 saturated heterocycles. The third kappa shape index (κ3) is 2.50. The number of amides is 1. The molecule has 0 unspecified atom stereocenters. The van der Waals surface area contributed by atoms with Gasteiger partial charge in [0.1, 0.15) is 5.70 Å². The molecule has 1 aromatic carbocycles. The summed E-state index contributed by atoms with van der Waals surface area (Å²) in [4.78, 5) is 16.8. The van der Waals surface area contributed by atoms with Crippen molar-refractivity contribution in [1.82, 2.24) is 4.90 Å². The van der Waals surface area contributed by atoms with Crippen LogP contribution in [0, 0.1) is 6.92 Å². The van der Waals surface area contributed by atoms with E-state index in [0.717, 1.165) is 10.6 Å². The molecule has 0 bridgehead atoms. The molecule has 0 spiro atoms. The fraction of sp³-hybridized carbons (Fsp3) is 0.125. The van der Waals surface area contributed by atoms with Gasteiger partial charge in [-0.3, -0.25) is 14.6 Å². The Morgan fingerprint density at radius 1 is 1.19 bits per heavy atom. The Balaban J connectivity index is 2.08. The van der Waals surface area contributed by atoms with E-state index in [4.69, 9.17) is 12.2 Å². The first-order valence-corrected chi connectivity index (χ1v) is 7.81. The quantitative estimate of drug-likeness (QED) is 0.624. The summed E-state index contributed by atoms with van der Waals surface area (Å²) in [5.41, 5.74) is 2.67. The lowest BCUT2D eigenvalue weighted by Gasteiger charge is -2.18. The third-order valence-electron chi connectivity index (χ3n) is 3.36. The van der Waals surface area contributed by atoms with E-state index in [1.165, 1.54) is 10.5 Å². The number of likely N-dealkylation sites (N-methyl/N-ethyl adjacent to an activating group) is 1. The number of anilines is 1. The van der Waals surface area contributed by atoms with Crippen molar-refractivity contribution in [1.29, 1.82) is 0 Å². The monoisotopic (exact) mass is 314 g/mol. The predicted molar refractivity (Wildman–Crippen MR) is 91.3 cm³/mol. The molecule has 1 aliphatic heterocycles. The summed E-state index contributed by atoms with van der Waals surface area (Å²) < 4.78 is 0. The molecular weight excluding hydrogens is 300 g/mol. The Morgan fingerprint density at radius 2 is 1.90 bits per heavy atom. The van der Waals surface area contributed by atoms with Crippen LogP contribution in [0.1, 0.15) is 10.4 Å². The molecule has 0 atom stereocenters. The highest BCUT2D eigenvalue weighted by molar-refractivity contribution is 7.80. The lowest BCUT2D eigenvalue weighted by Crippen LogP contribution is -2.29.